The highest BCUT2D eigenvalue weighted by molar-refractivity contribution is 6.33. The maximum absolute atomic E-state index is 14.9. The van der Waals surface area contributed by atoms with E-state index in [1.165, 1.54) is 11.1 Å². The number of carbonyl (C=O) groups excluding carboxylic acids is 3. The lowest BCUT2D eigenvalue weighted by atomic mass is 9.38. The van der Waals surface area contributed by atoms with E-state index in [-0.39, 0.29) is 28.7 Å². The molecule has 46 heavy (non-hydrogen) atoms. The highest BCUT2D eigenvalue weighted by atomic mass is 16.2. The third-order valence-corrected chi connectivity index (χ3v) is 9.51. The van der Waals surface area contributed by atoms with Crippen LogP contribution in [-0.2, 0) is 14.4 Å². The number of carbonyl (C=O) groups is 3. The highest BCUT2D eigenvalue weighted by Crippen LogP contribution is 2.66. The summed E-state index contributed by atoms with van der Waals surface area (Å²) < 4.78 is 0. The maximum atomic E-state index is 14.9. The SMILES string of the molecule is CC(C)=CCC[C@]1(C)C(CC=C(C)C)C[C@]2(CC=C(C)C)C=C(CC=C(C)C)C(=O)[C@@]1(C(=O)C(C)C)C2=O.Nc1cc[nH+]cc1.[OH-]. The van der Waals surface area contributed by atoms with E-state index in [9.17, 15) is 14.4 Å². The minimum Gasteiger partial charge on any atom is -0.870 e. The Bertz CT molecular complexity index is 1380. The number of hydrogen-bond acceptors (Lipinski definition) is 5. The minimum absolute atomic E-state index is 0. The smallest absolute Gasteiger partial charge is 0.180 e. The van der Waals surface area contributed by atoms with Crippen LogP contribution in [0.2, 0.25) is 0 Å². The van der Waals surface area contributed by atoms with Gasteiger partial charge in [-0.05, 0) is 111 Å². The first-order valence-corrected chi connectivity index (χ1v) is 16.6. The molecule has 4 N–H and O–H groups in total. The van der Waals surface area contributed by atoms with Gasteiger partial charge in [0.2, 0.25) is 0 Å². The van der Waals surface area contributed by atoms with Gasteiger partial charge < -0.3 is 11.2 Å². The molecule has 0 aliphatic heterocycles. The van der Waals surface area contributed by atoms with E-state index in [0.717, 1.165) is 29.7 Å². The van der Waals surface area contributed by atoms with Crippen LogP contribution in [0.1, 0.15) is 115 Å². The van der Waals surface area contributed by atoms with Gasteiger partial charge in [0.25, 0.3) is 0 Å². The number of aromatic nitrogens is 1. The molecule has 0 amide bonds. The summed E-state index contributed by atoms with van der Waals surface area (Å²) in [5.74, 6) is -0.983. The molecular formula is C40H60N2O4. The second kappa shape index (κ2) is 17.0. The van der Waals surface area contributed by atoms with Gasteiger partial charge in [-0.15, -0.1) is 0 Å². The Balaban J connectivity index is 0.00000116. The van der Waals surface area contributed by atoms with Gasteiger partial charge in [-0.1, -0.05) is 73.4 Å². The number of rotatable bonds is 11. The van der Waals surface area contributed by atoms with Gasteiger partial charge in [0.1, 0.15) is 0 Å². The molecule has 3 rings (SSSR count). The lowest BCUT2D eigenvalue weighted by Gasteiger charge is -2.60. The molecule has 0 saturated heterocycles. The fourth-order valence-electron chi connectivity index (χ4n) is 7.02. The molecule has 1 fully saturated rings. The van der Waals surface area contributed by atoms with Crippen LogP contribution in [0.5, 0.6) is 0 Å². The molecule has 2 aliphatic rings. The van der Waals surface area contributed by atoms with Crippen molar-refractivity contribution in [1.29, 1.82) is 0 Å². The summed E-state index contributed by atoms with van der Waals surface area (Å²) in [6.45, 7) is 22.2. The fraction of sp³-hybridized carbons (Fsp3) is 0.550. The Morgan fingerprint density at radius 1 is 0.913 bits per heavy atom. The van der Waals surface area contributed by atoms with Crippen molar-refractivity contribution >= 4 is 23.0 Å². The topological polar surface area (TPSA) is 121 Å². The zero-order valence-electron chi connectivity index (χ0n) is 30.3. The number of nitrogen functional groups attached to an aromatic ring is 1. The number of ketones is 3. The van der Waals surface area contributed by atoms with Crippen LogP contribution in [0.3, 0.4) is 0 Å². The molecule has 1 heterocycles. The van der Waals surface area contributed by atoms with Gasteiger partial charge in [-0.3, -0.25) is 14.4 Å². The van der Waals surface area contributed by atoms with Gasteiger partial charge >= 0.3 is 0 Å². The monoisotopic (exact) mass is 632 g/mol. The average molecular weight is 633 g/mol. The van der Waals surface area contributed by atoms with Crippen molar-refractivity contribution in [1.82, 2.24) is 0 Å². The van der Waals surface area contributed by atoms with Crippen molar-refractivity contribution < 1.29 is 24.8 Å². The van der Waals surface area contributed by atoms with Gasteiger partial charge in [0.15, 0.2) is 35.2 Å². The number of nitrogens with two attached hydrogens (primary N) is 1. The number of H-pyrrole nitrogens is 1. The number of Topliss-reactive ketones (excluding diaryl/α,β-unsaturated/α-hetero) is 3. The average Bonchev–Trinajstić information content (AvgIpc) is 2.95. The number of pyridine rings is 1. The molecule has 2 bridgehead atoms. The van der Waals surface area contributed by atoms with E-state index in [2.05, 4.69) is 63.9 Å². The third-order valence-electron chi connectivity index (χ3n) is 9.51. The summed E-state index contributed by atoms with van der Waals surface area (Å²) in [5, 5.41) is 0. The van der Waals surface area contributed by atoms with Crippen molar-refractivity contribution in [3.05, 3.63) is 82.8 Å². The lowest BCUT2D eigenvalue weighted by Crippen LogP contribution is -2.70. The van der Waals surface area contributed by atoms with Crippen molar-refractivity contribution in [3.63, 3.8) is 0 Å². The van der Waals surface area contributed by atoms with Crippen LogP contribution in [0, 0.1) is 28.1 Å². The molecule has 1 aromatic heterocycles. The zero-order chi connectivity index (χ0) is 34.2. The molecule has 0 radical (unpaired) electrons. The molecule has 2 aliphatic carbocycles. The van der Waals surface area contributed by atoms with Gasteiger partial charge in [0.05, 0.1) is 5.41 Å². The van der Waals surface area contributed by atoms with E-state index in [1.807, 2.05) is 47.6 Å². The van der Waals surface area contributed by atoms with Crippen LogP contribution in [0.25, 0.3) is 0 Å². The van der Waals surface area contributed by atoms with E-state index >= 15 is 0 Å². The van der Waals surface area contributed by atoms with Crippen molar-refractivity contribution in [2.75, 3.05) is 5.73 Å². The Morgan fingerprint density at radius 2 is 1.46 bits per heavy atom. The molecule has 1 saturated carbocycles. The van der Waals surface area contributed by atoms with E-state index < -0.39 is 22.2 Å². The molecule has 1 aromatic rings. The summed E-state index contributed by atoms with van der Waals surface area (Å²) >= 11 is 0. The van der Waals surface area contributed by atoms with Crippen molar-refractivity contribution in [2.45, 2.75) is 115 Å². The lowest BCUT2D eigenvalue weighted by molar-refractivity contribution is -0.377. The van der Waals surface area contributed by atoms with Crippen LogP contribution >= 0.6 is 0 Å². The van der Waals surface area contributed by atoms with E-state index in [4.69, 9.17) is 5.73 Å². The predicted octanol–water partition coefficient (Wildman–Crippen LogP) is 9.01. The summed E-state index contributed by atoms with van der Waals surface area (Å²) in [5.41, 5.74) is 8.16. The quantitative estimate of drug-likeness (QED) is 0.193. The van der Waals surface area contributed by atoms with Crippen molar-refractivity contribution in [2.24, 2.45) is 28.1 Å². The zero-order valence-corrected chi connectivity index (χ0v) is 30.3. The van der Waals surface area contributed by atoms with Crippen LogP contribution < -0.4 is 10.7 Å². The highest BCUT2D eigenvalue weighted by Gasteiger charge is 2.73. The Labute approximate surface area is 278 Å². The van der Waals surface area contributed by atoms with Gasteiger partial charge in [-0.25, -0.2) is 4.98 Å². The molecule has 4 atom stereocenters. The first-order chi connectivity index (χ1) is 20.9. The van der Waals surface area contributed by atoms with Crippen LogP contribution in [-0.4, -0.2) is 22.8 Å². The fourth-order valence-corrected chi connectivity index (χ4v) is 7.02. The molecule has 6 nitrogen and oxygen atoms in total. The second-order valence-corrected chi connectivity index (χ2v) is 14.7. The second-order valence-electron chi connectivity index (χ2n) is 14.7. The first kappa shape index (κ1) is 40.6. The number of anilines is 1. The largest absolute Gasteiger partial charge is 0.870 e. The van der Waals surface area contributed by atoms with E-state index in [0.29, 0.717) is 31.3 Å². The normalized spacial score (nSPS) is 24.8. The van der Waals surface area contributed by atoms with Gasteiger partial charge in [-0.2, -0.15) is 0 Å². The Hall–Kier alpha value is -3.38. The summed E-state index contributed by atoms with van der Waals surface area (Å²) in [7, 11) is 0. The summed E-state index contributed by atoms with van der Waals surface area (Å²) in [6, 6.07) is 3.61. The minimum atomic E-state index is -1.66. The number of allylic oxidation sites excluding steroid dienone is 10. The molecule has 1 unspecified atom stereocenters. The summed E-state index contributed by atoms with van der Waals surface area (Å²) in [6.07, 6.45) is 17.9. The number of aromatic amines is 1. The van der Waals surface area contributed by atoms with E-state index in [1.54, 1.807) is 24.5 Å². The van der Waals surface area contributed by atoms with Crippen LogP contribution in [0.15, 0.2) is 82.8 Å². The molecule has 254 valence electrons. The maximum Gasteiger partial charge on any atom is 0.180 e. The standard InChI is InChI=1S/C35H52O3.C5H6N2.H2O/c1-23(2)13-12-19-33(11)29(17-15-25(5)6)22-34(20-18-26(7)8)21-28(16-14-24(3)4)31(37)35(33,32(34)38)30(36)27(9)10;6-5-1-3-7-4-2-5;/h13-15,18,21,27,29H,12,16-17,19-20,22H2,1-11H3;1-4H,(H2,6,7);1H2/t29?,33-,34+,35+;;/m1../s1. The molecule has 0 spiro atoms. The molecule has 6 heteroatoms. The third kappa shape index (κ3) is 8.90. The molecular weight excluding hydrogens is 572 g/mol. The number of nitrogens with one attached hydrogen (secondary N) is 1. The number of fused-ring (bicyclic) bond motifs is 2. The Kier molecular flexibility index (Phi) is 15.0. The summed E-state index contributed by atoms with van der Waals surface area (Å²) in [4.78, 5) is 47.0. The van der Waals surface area contributed by atoms with Crippen LogP contribution in [0.4, 0.5) is 5.69 Å². The number of hydrogen-bond donors (Lipinski definition) is 1. The van der Waals surface area contributed by atoms with Crippen molar-refractivity contribution in [3.8, 4) is 0 Å². The first-order valence-electron chi connectivity index (χ1n) is 16.6. The Morgan fingerprint density at radius 3 is 1.91 bits per heavy atom. The predicted molar refractivity (Wildman–Crippen MR) is 189 cm³/mol. The van der Waals surface area contributed by atoms with Gasteiger partial charge in [0, 0.05) is 23.7 Å². The molecule has 0 aromatic carbocycles.